The molecule has 19 heavy (non-hydrogen) atoms. The minimum atomic E-state index is -0.386. The van der Waals surface area contributed by atoms with Gasteiger partial charge in [0, 0.05) is 0 Å². The molecule has 2 heterocycles. The molecule has 5 heteroatoms. The summed E-state index contributed by atoms with van der Waals surface area (Å²) in [5, 5.41) is 0. The second-order valence-corrected chi connectivity index (χ2v) is 5.17. The van der Waals surface area contributed by atoms with Gasteiger partial charge in [-0.1, -0.05) is 0 Å². The Hall–Kier alpha value is -2.04. The van der Waals surface area contributed by atoms with Crippen LogP contribution in [0.25, 0.3) is 5.65 Å². The Morgan fingerprint density at radius 2 is 2.11 bits per heavy atom. The third kappa shape index (κ3) is 3.05. The van der Waals surface area contributed by atoms with Crippen LogP contribution in [-0.4, -0.2) is 27.6 Å². The lowest BCUT2D eigenvalue weighted by Gasteiger charge is -2.21. The third-order valence-corrected chi connectivity index (χ3v) is 2.39. The predicted octanol–water partition coefficient (Wildman–Crippen LogP) is 2.69. The van der Waals surface area contributed by atoms with Crippen molar-refractivity contribution >= 4 is 11.6 Å². The molecule has 5 nitrogen and oxygen atoms in total. The molecule has 0 spiro atoms. The molecule has 0 fully saturated rings. The number of aromatic nitrogens is 2. The fourth-order valence-corrected chi connectivity index (χ4v) is 1.73. The van der Waals surface area contributed by atoms with Crippen LogP contribution in [0.2, 0.25) is 0 Å². The molecule has 0 saturated heterocycles. The fourth-order valence-electron chi connectivity index (χ4n) is 1.73. The molecular formula is C14H18N2O3. The molecule has 2 aromatic heterocycles. The molecule has 0 unspecified atom stereocenters. The molecule has 0 aliphatic heterocycles. The molecule has 2 rings (SSSR count). The van der Waals surface area contributed by atoms with Gasteiger partial charge >= 0.3 is 5.97 Å². The first-order valence-corrected chi connectivity index (χ1v) is 6.24. The number of hydrogen-bond donors (Lipinski definition) is 0. The van der Waals surface area contributed by atoms with Crippen LogP contribution in [0.4, 0.5) is 0 Å². The van der Waals surface area contributed by atoms with E-state index in [9.17, 15) is 4.79 Å². The standard InChI is InChI=1S/C14H18N2O3/c1-5-18-13(17)11-8-15-12-7-6-10(9-16(11)12)19-14(2,3)4/h6-9H,5H2,1-4H3. The number of pyridine rings is 1. The number of carbonyl (C=O) groups excluding carboxylic acids is 1. The van der Waals surface area contributed by atoms with Crippen LogP contribution in [0.15, 0.2) is 24.5 Å². The van der Waals surface area contributed by atoms with Gasteiger partial charge in [-0.15, -0.1) is 0 Å². The minimum absolute atomic E-state index is 0.293. The summed E-state index contributed by atoms with van der Waals surface area (Å²) >= 11 is 0. The van der Waals surface area contributed by atoms with Crippen molar-refractivity contribution in [2.45, 2.75) is 33.3 Å². The van der Waals surface area contributed by atoms with Crippen LogP contribution in [0.1, 0.15) is 38.2 Å². The molecule has 0 N–H and O–H groups in total. The van der Waals surface area contributed by atoms with Crippen LogP contribution in [0, 0.1) is 0 Å². The Kier molecular flexibility index (Phi) is 3.46. The summed E-state index contributed by atoms with van der Waals surface area (Å²) in [7, 11) is 0. The fraction of sp³-hybridized carbons (Fsp3) is 0.429. The van der Waals surface area contributed by atoms with Crippen LogP contribution < -0.4 is 4.74 Å². The molecule has 0 bridgehead atoms. The zero-order chi connectivity index (χ0) is 14.0. The van der Waals surface area contributed by atoms with Crippen molar-refractivity contribution < 1.29 is 14.3 Å². The van der Waals surface area contributed by atoms with Crippen molar-refractivity contribution in [3.05, 3.63) is 30.2 Å². The highest BCUT2D eigenvalue weighted by Crippen LogP contribution is 2.20. The summed E-state index contributed by atoms with van der Waals surface area (Å²) < 4.78 is 12.4. The van der Waals surface area contributed by atoms with Crippen molar-refractivity contribution in [3.63, 3.8) is 0 Å². The minimum Gasteiger partial charge on any atom is -0.487 e. The summed E-state index contributed by atoms with van der Waals surface area (Å²) in [6.07, 6.45) is 3.26. The van der Waals surface area contributed by atoms with Gasteiger partial charge in [-0.05, 0) is 39.8 Å². The molecule has 2 aromatic rings. The highest BCUT2D eigenvalue weighted by molar-refractivity contribution is 5.88. The second kappa shape index (κ2) is 4.91. The number of hydrogen-bond acceptors (Lipinski definition) is 4. The summed E-state index contributed by atoms with van der Waals surface area (Å²) in [4.78, 5) is 16.0. The lowest BCUT2D eigenvalue weighted by molar-refractivity contribution is 0.0518. The van der Waals surface area contributed by atoms with Crippen LogP contribution >= 0.6 is 0 Å². The van der Waals surface area contributed by atoms with E-state index in [1.807, 2.05) is 32.9 Å². The van der Waals surface area contributed by atoms with Crippen molar-refractivity contribution in [1.29, 1.82) is 0 Å². The number of ether oxygens (including phenoxy) is 2. The maximum atomic E-state index is 11.8. The zero-order valence-corrected chi connectivity index (χ0v) is 11.6. The molecule has 0 aliphatic carbocycles. The summed E-state index contributed by atoms with van der Waals surface area (Å²) in [6, 6.07) is 3.65. The topological polar surface area (TPSA) is 52.8 Å². The summed E-state index contributed by atoms with van der Waals surface area (Å²) in [6.45, 7) is 8.02. The van der Waals surface area contributed by atoms with E-state index in [1.54, 1.807) is 17.5 Å². The van der Waals surface area contributed by atoms with Crippen LogP contribution in [0.3, 0.4) is 0 Å². The van der Waals surface area contributed by atoms with E-state index in [0.29, 0.717) is 23.7 Å². The molecule has 0 saturated carbocycles. The lowest BCUT2D eigenvalue weighted by atomic mass is 10.2. The smallest absolute Gasteiger partial charge is 0.356 e. The Balaban J connectivity index is 2.40. The normalized spacial score (nSPS) is 11.6. The van der Waals surface area contributed by atoms with E-state index in [4.69, 9.17) is 9.47 Å². The predicted molar refractivity (Wildman–Crippen MR) is 71.5 cm³/mol. The SMILES string of the molecule is CCOC(=O)c1cnc2ccc(OC(C)(C)C)cn12. The Morgan fingerprint density at radius 1 is 1.37 bits per heavy atom. The molecule has 0 aliphatic rings. The van der Waals surface area contributed by atoms with Gasteiger partial charge in [0.25, 0.3) is 0 Å². The lowest BCUT2D eigenvalue weighted by Crippen LogP contribution is -2.23. The quantitative estimate of drug-likeness (QED) is 0.798. The van der Waals surface area contributed by atoms with Crippen molar-refractivity contribution in [2.24, 2.45) is 0 Å². The van der Waals surface area contributed by atoms with Gasteiger partial charge in [-0.3, -0.25) is 4.40 Å². The van der Waals surface area contributed by atoms with Crippen LogP contribution in [-0.2, 0) is 4.74 Å². The number of esters is 1. The third-order valence-electron chi connectivity index (χ3n) is 2.39. The first-order chi connectivity index (χ1) is 8.90. The number of carbonyl (C=O) groups is 1. The molecular weight excluding hydrogens is 244 g/mol. The highest BCUT2D eigenvalue weighted by atomic mass is 16.5. The first-order valence-electron chi connectivity index (χ1n) is 6.24. The maximum absolute atomic E-state index is 11.8. The molecule has 0 aromatic carbocycles. The van der Waals surface area contributed by atoms with Gasteiger partial charge in [-0.25, -0.2) is 9.78 Å². The van der Waals surface area contributed by atoms with Gasteiger partial charge in [-0.2, -0.15) is 0 Å². The van der Waals surface area contributed by atoms with Gasteiger partial charge < -0.3 is 9.47 Å². The Labute approximate surface area is 112 Å². The second-order valence-electron chi connectivity index (χ2n) is 5.17. The van der Waals surface area contributed by atoms with Crippen molar-refractivity contribution in [3.8, 4) is 5.75 Å². The molecule has 102 valence electrons. The highest BCUT2D eigenvalue weighted by Gasteiger charge is 2.16. The van der Waals surface area contributed by atoms with Crippen LogP contribution in [0.5, 0.6) is 5.75 Å². The van der Waals surface area contributed by atoms with E-state index in [1.165, 1.54) is 6.20 Å². The summed E-state index contributed by atoms with van der Waals surface area (Å²) in [5.41, 5.74) is 0.791. The van der Waals surface area contributed by atoms with Crippen molar-refractivity contribution in [1.82, 2.24) is 9.38 Å². The number of imidazole rings is 1. The zero-order valence-electron chi connectivity index (χ0n) is 11.6. The molecule has 0 atom stereocenters. The van der Waals surface area contributed by atoms with Crippen molar-refractivity contribution in [2.75, 3.05) is 6.61 Å². The molecule has 0 radical (unpaired) electrons. The van der Waals surface area contributed by atoms with E-state index >= 15 is 0 Å². The Morgan fingerprint density at radius 3 is 2.74 bits per heavy atom. The van der Waals surface area contributed by atoms with E-state index in [0.717, 1.165) is 0 Å². The van der Waals surface area contributed by atoms with Gasteiger partial charge in [0.1, 0.15) is 17.0 Å². The number of nitrogens with zero attached hydrogens (tertiary/aromatic N) is 2. The monoisotopic (exact) mass is 262 g/mol. The number of fused-ring (bicyclic) bond motifs is 1. The molecule has 0 amide bonds. The average Bonchev–Trinajstić information content (AvgIpc) is 2.70. The van der Waals surface area contributed by atoms with E-state index in [-0.39, 0.29) is 11.6 Å². The number of rotatable bonds is 3. The van der Waals surface area contributed by atoms with E-state index in [2.05, 4.69) is 4.98 Å². The largest absolute Gasteiger partial charge is 0.487 e. The van der Waals surface area contributed by atoms with Gasteiger partial charge in [0.2, 0.25) is 0 Å². The van der Waals surface area contributed by atoms with E-state index < -0.39 is 0 Å². The van der Waals surface area contributed by atoms with Gasteiger partial charge in [0.05, 0.1) is 19.0 Å². The maximum Gasteiger partial charge on any atom is 0.356 e. The Bertz CT molecular complexity index is 596. The summed E-state index contributed by atoms with van der Waals surface area (Å²) in [5.74, 6) is 0.298. The first kappa shape index (κ1) is 13.4. The average molecular weight is 262 g/mol. The van der Waals surface area contributed by atoms with Gasteiger partial charge in [0.15, 0.2) is 5.69 Å².